The van der Waals surface area contributed by atoms with Crippen molar-refractivity contribution in [3.63, 3.8) is 0 Å². The van der Waals surface area contributed by atoms with E-state index < -0.39 is 30.3 Å². The lowest BCUT2D eigenvalue weighted by atomic mass is 9.65. The van der Waals surface area contributed by atoms with Crippen LogP contribution in [0.3, 0.4) is 0 Å². The monoisotopic (exact) mass is 422 g/mol. The minimum atomic E-state index is -2.58. The molecule has 1 saturated heterocycles. The van der Waals surface area contributed by atoms with E-state index in [9.17, 15) is 18.4 Å². The Bertz CT molecular complexity index is 876. The number of aliphatic hydroxyl groups excluding tert-OH is 1. The van der Waals surface area contributed by atoms with E-state index in [4.69, 9.17) is 15.3 Å². The number of rotatable bonds is 10. The first-order chi connectivity index (χ1) is 14.3. The lowest BCUT2D eigenvalue weighted by molar-refractivity contribution is -0.130. The summed E-state index contributed by atoms with van der Waals surface area (Å²) in [7, 11) is 0. The fourth-order valence-electron chi connectivity index (χ4n) is 3.69. The molecule has 1 aromatic rings. The summed E-state index contributed by atoms with van der Waals surface area (Å²) in [4.78, 5) is 30.8. The normalized spacial score (nSPS) is 22.1. The Morgan fingerprint density at radius 2 is 2.30 bits per heavy atom. The van der Waals surface area contributed by atoms with E-state index in [1.165, 1.54) is 6.20 Å². The molecule has 0 saturated carbocycles. The zero-order chi connectivity index (χ0) is 21.9. The van der Waals surface area contributed by atoms with Crippen molar-refractivity contribution in [2.45, 2.75) is 26.3 Å². The smallest absolute Gasteiger partial charge is 0.272 e. The average molecular weight is 422 g/mol. The SMILES string of the molecule is Cc1cc(CN2C[C@@]3(C(=N)C(=O)NCCCO)C=CC3C2=O)ncc1OCC(F)F. The van der Waals surface area contributed by atoms with E-state index in [2.05, 4.69) is 10.3 Å². The predicted molar refractivity (Wildman–Crippen MR) is 103 cm³/mol. The number of alkyl halides is 2. The fourth-order valence-corrected chi connectivity index (χ4v) is 3.69. The molecule has 0 aromatic carbocycles. The average Bonchev–Trinajstić information content (AvgIpc) is 2.86. The number of hydrogen-bond donors (Lipinski definition) is 3. The third-order valence-corrected chi connectivity index (χ3v) is 5.32. The molecule has 1 unspecified atom stereocenters. The van der Waals surface area contributed by atoms with Gasteiger partial charge in [-0.3, -0.25) is 20.0 Å². The third-order valence-electron chi connectivity index (χ3n) is 5.32. The van der Waals surface area contributed by atoms with Crippen LogP contribution < -0.4 is 10.1 Å². The Hall–Kier alpha value is -2.88. The molecule has 2 heterocycles. The maximum absolute atomic E-state index is 12.8. The number of nitrogens with one attached hydrogen (secondary N) is 2. The van der Waals surface area contributed by atoms with Gasteiger partial charge in [0.1, 0.15) is 18.1 Å². The number of aliphatic hydroxyl groups is 1. The topological polar surface area (TPSA) is 116 Å². The summed E-state index contributed by atoms with van der Waals surface area (Å²) in [5, 5.41) is 19.7. The van der Waals surface area contributed by atoms with Gasteiger partial charge in [0.15, 0.2) is 0 Å². The quantitative estimate of drug-likeness (QED) is 0.296. The maximum Gasteiger partial charge on any atom is 0.272 e. The number of aryl methyl sites for hydroxylation is 1. The molecule has 1 fully saturated rings. The van der Waals surface area contributed by atoms with E-state index in [-0.39, 0.29) is 43.6 Å². The number of fused-ring (bicyclic) bond motifs is 1. The molecule has 0 bridgehead atoms. The summed E-state index contributed by atoms with van der Waals surface area (Å²) >= 11 is 0. The lowest BCUT2D eigenvalue weighted by Gasteiger charge is -2.35. The summed E-state index contributed by atoms with van der Waals surface area (Å²) in [5.74, 6) is -1.06. The molecule has 3 rings (SSSR count). The molecule has 3 N–H and O–H groups in total. The van der Waals surface area contributed by atoms with Crippen molar-refractivity contribution in [2.24, 2.45) is 11.3 Å². The van der Waals surface area contributed by atoms with E-state index >= 15 is 0 Å². The minimum absolute atomic E-state index is 0.0636. The van der Waals surface area contributed by atoms with Crippen molar-refractivity contribution in [1.82, 2.24) is 15.2 Å². The number of amides is 2. The lowest BCUT2D eigenvalue weighted by Crippen LogP contribution is -2.49. The van der Waals surface area contributed by atoms with Crippen LogP contribution in [-0.4, -0.2) is 65.2 Å². The van der Waals surface area contributed by atoms with E-state index in [1.54, 1.807) is 30.0 Å². The minimum Gasteiger partial charge on any atom is -0.486 e. The Morgan fingerprint density at radius 3 is 2.90 bits per heavy atom. The summed E-state index contributed by atoms with van der Waals surface area (Å²) in [6.07, 6.45) is 2.56. The van der Waals surface area contributed by atoms with Crippen molar-refractivity contribution in [2.75, 3.05) is 26.3 Å². The second-order valence-corrected chi connectivity index (χ2v) is 7.42. The molecule has 30 heavy (non-hydrogen) atoms. The van der Waals surface area contributed by atoms with Crippen molar-refractivity contribution in [3.8, 4) is 5.75 Å². The molecule has 162 valence electrons. The molecule has 10 heteroatoms. The highest BCUT2D eigenvalue weighted by molar-refractivity contribution is 6.41. The molecule has 2 amide bonds. The molecule has 2 atom stereocenters. The van der Waals surface area contributed by atoms with Gasteiger partial charge in [-0.1, -0.05) is 12.2 Å². The van der Waals surface area contributed by atoms with Gasteiger partial charge < -0.3 is 20.1 Å². The van der Waals surface area contributed by atoms with Crippen LogP contribution in [0, 0.1) is 23.7 Å². The van der Waals surface area contributed by atoms with Crippen molar-refractivity contribution < 1.29 is 28.2 Å². The Balaban J connectivity index is 1.66. The Morgan fingerprint density at radius 1 is 1.53 bits per heavy atom. The van der Waals surface area contributed by atoms with Crippen molar-refractivity contribution in [1.29, 1.82) is 5.41 Å². The van der Waals surface area contributed by atoms with Crippen LogP contribution in [-0.2, 0) is 16.1 Å². The van der Waals surface area contributed by atoms with Gasteiger partial charge in [-0.25, -0.2) is 8.78 Å². The van der Waals surface area contributed by atoms with E-state index in [1.807, 2.05) is 0 Å². The van der Waals surface area contributed by atoms with Crippen LogP contribution in [0.2, 0.25) is 0 Å². The standard InChI is InChI=1S/C20H24F2N4O4/c1-12-7-13(25-8-15(12)30-10-16(21)22)9-26-11-20(4-3-14(20)19(26)29)17(23)18(28)24-5-2-6-27/h3-4,7-8,14,16,23,27H,2,5-6,9-11H2,1H3,(H,24,28)/t14?,20-/m0/s1. The summed E-state index contributed by atoms with van der Waals surface area (Å²) in [6.45, 7) is 1.54. The summed E-state index contributed by atoms with van der Waals surface area (Å²) in [5.41, 5.74) is 0.0406. The highest BCUT2D eigenvalue weighted by atomic mass is 19.3. The van der Waals surface area contributed by atoms with Crippen LogP contribution in [0.1, 0.15) is 17.7 Å². The molecule has 1 aliphatic heterocycles. The molecule has 2 aliphatic rings. The number of hydrogen-bond acceptors (Lipinski definition) is 6. The van der Waals surface area contributed by atoms with Crippen molar-refractivity contribution >= 4 is 17.5 Å². The first-order valence-electron chi connectivity index (χ1n) is 9.61. The molecule has 0 spiro atoms. The molecule has 8 nitrogen and oxygen atoms in total. The Kier molecular flexibility index (Phi) is 6.45. The second-order valence-electron chi connectivity index (χ2n) is 7.42. The van der Waals surface area contributed by atoms with Gasteiger partial charge in [-0.05, 0) is 25.0 Å². The van der Waals surface area contributed by atoms with Gasteiger partial charge in [-0.2, -0.15) is 0 Å². The highest BCUT2D eigenvalue weighted by Crippen LogP contribution is 2.47. The van der Waals surface area contributed by atoms with Crippen LogP contribution in [0.5, 0.6) is 5.75 Å². The maximum atomic E-state index is 12.8. The number of nitrogens with zero attached hydrogens (tertiary/aromatic N) is 2. The number of carbonyl (C=O) groups is 2. The van der Waals surface area contributed by atoms with Gasteiger partial charge in [0.05, 0.1) is 29.8 Å². The second kappa shape index (κ2) is 8.86. The van der Waals surface area contributed by atoms with Crippen LogP contribution in [0.4, 0.5) is 8.78 Å². The number of aromatic nitrogens is 1. The first kappa shape index (κ1) is 21.8. The molecule has 0 radical (unpaired) electrons. The molecule has 1 aliphatic carbocycles. The molecular formula is C20H24F2N4O4. The third kappa shape index (κ3) is 4.18. The molecular weight excluding hydrogens is 398 g/mol. The van der Waals surface area contributed by atoms with Crippen LogP contribution in [0.15, 0.2) is 24.4 Å². The van der Waals surface area contributed by atoms with Gasteiger partial charge in [-0.15, -0.1) is 0 Å². The zero-order valence-electron chi connectivity index (χ0n) is 16.5. The zero-order valence-corrected chi connectivity index (χ0v) is 16.5. The predicted octanol–water partition coefficient (Wildman–Crippen LogP) is 1.07. The number of halogens is 2. The van der Waals surface area contributed by atoms with Crippen LogP contribution in [0.25, 0.3) is 0 Å². The fraction of sp³-hybridized carbons (Fsp3) is 0.500. The van der Waals surface area contributed by atoms with Gasteiger partial charge in [0.2, 0.25) is 5.91 Å². The van der Waals surface area contributed by atoms with Crippen molar-refractivity contribution in [3.05, 3.63) is 35.7 Å². The molecule has 1 aromatic heterocycles. The van der Waals surface area contributed by atoms with Gasteiger partial charge >= 0.3 is 0 Å². The summed E-state index contributed by atoms with van der Waals surface area (Å²) < 4.78 is 29.6. The Labute approximate surface area is 172 Å². The van der Waals surface area contributed by atoms with E-state index in [0.717, 1.165) is 0 Å². The first-order valence-corrected chi connectivity index (χ1v) is 9.61. The number of carbonyl (C=O) groups excluding carboxylic acids is 2. The number of pyridine rings is 1. The highest BCUT2D eigenvalue weighted by Gasteiger charge is 2.58. The number of likely N-dealkylation sites (tertiary alicyclic amines) is 1. The van der Waals surface area contributed by atoms with Crippen LogP contribution >= 0.6 is 0 Å². The largest absolute Gasteiger partial charge is 0.486 e. The van der Waals surface area contributed by atoms with Gasteiger partial charge in [0, 0.05) is 19.7 Å². The summed E-state index contributed by atoms with van der Waals surface area (Å²) in [6, 6.07) is 1.67. The van der Waals surface area contributed by atoms with E-state index in [0.29, 0.717) is 17.7 Å². The van der Waals surface area contributed by atoms with Gasteiger partial charge in [0.25, 0.3) is 12.3 Å². The number of ether oxygens (including phenoxy) is 1.